The Hall–Kier alpha value is -1.30. The zero-order chi connectivity index (χ0) is 15.4. The predicted octanol–water partition coefficient (Wildman–Crippen LogP) is 3.98. The largest absolute Gasteiger partial charge is 0.341 e. The van der Waals surface area contributed by atoms with Crippen molar-refractivity contribution in [1.82, 2.24) is 19.9 Å². The zero-order valence-electron chi connectivity index (χ0n) is 12.5. The summed E-state index contributed by atoms with van der Waals surface area (Å²) in [5, 5.41) is 0. The average Bonchev–Trinajstić information content (AvgIpc) is 3.18. The van der Waals surface area contributed by atoms with Crippen LogP contribution < -0.4 is 0 Å². The van der Waals surface area contributed by atoms with Gasteiger partial charge >= 0.3 is 0 Å². The molecule has 2 aromatic heterocycles. The molecule has 4 aromatic rings. The Labute approximate surface area is 158 Å². The van der Waals surface area contributed by atoms with E-state index in [9.17, 15) is 0 Å². The third-order valence-corrected chi connectivity index (χ3v) is 3.78. The van der Waals surface area contributed by atoms with Gasteiger partial charge < -0.3 is 9.97 Å². The minimum Gasteiger partial charge on any atom is -0.341 e. The van der Waals surface area contributed by atoms with Gasteiger partial charge in [0, 0.05) is 31.0 Å². The molecule has 114 valence electrons. The summed E-state index contributed by atoms with van der Waals surface area (Å²) in [5.74, 6) is 3.17. The first-order valence-electron chi connectivity index (χ1n) is 6.89. The van der Waals surface area contributed by atoms with Crippen molar-refractivity contribution in [2.45, 2.75) is 11.5 Å². The van der Waals surface area contributed by atoms with Gasteiger partial charge in [0.25, 0.3) is 0 Å². The van der Waals surface area contributed by atoms with E-state index in [1.807, 2.05) is 48.5 Å². The van der Waals surface area contributed by atoms with Crippen LogP contribution in [0.25, 0.3) is 22.1 Å². The van der Waals surface area contributed by atoms with Crippen molar-refractivity contribution in [1.29, 1.82) is 0 Å². The fourth-order valence-corrected chi connectivity index (χ4v) is 2.46. The minimum absolute atomic E-state index is 0. The van der Waals surface area contributed by atoms with Crippen molar-refractivity contribution in [3.05, 3.63) is 60.2 Å². The SMILES string of the molecule is SCc1nc2ccccc2[nH]1.SCc1nc2ccccc2[nH]1.[Zn]. The molecule has 0 aliphatic rings. The number of rotatable bonds is 2. The quantitative estimate of drug-likeness (QED) is 0.307. The molecule has 0 amide bonds. The van der Waals surface area contributed by atoms with Crippen LogP contribution >= 0.6 is 25.3 Å². The van der Waals surface area contributed by atoms with Gasteiger partial charge in [0.15, 0.2) is 0 Å². The molecule has 0 unspecified atom stereocenters. The molecule has 0 spiro atoms. The van der Waals surface area contributed by atoms with E-state index in [1.54, 1.807) is 0 Å². The number of aromatic amines is 2. The number of nitrogens with one attached hydrogen (secondary N) is 2. The first-order chi connectivity index (χ1) is 10.8. The summed E-state index contributed by atoms with van der Waals surface area (Å²) in [6, 6.07) is 15.9. The van der Waals surface area contributed by atoms with Gasteiger partial charge in [-0.15, -0.1) is 0 Å². The molecule has 4 rings (SSSR count). The summed E-state index contributed by atoms with van der Waals surface area (Å²) in [6.45, 7) is 0. The molecule has 7 heteroatoms. The molecule has 0 radical (unpaired) electrons. The molecular formula is C16H16N4S2Zn. The first kappa shape index (κ1) is 18.0. The number of imidazole rings is 2. The van der Waals surface area contributed by atoms with Crippen LogP contribution in [-0.4, -0.2) is 19.9 Å². The smallest absolute Gasteiger partial charge is 0.116 e. The monoisotopic (exact) mass is 392 g/mol. The van der Waals surface area contributed by atoms with Crippen LogP contribution in [0.3, 0.4) is 0 Å². The van der Waals surface area contributed by atoms with E-state index < -0.39 is 0 Å². The molecule has 0 aliphatic carbocycles. The van der Waals surface area contributed by atoms with Gasteiger partial charge in [-0.1, -0.05) is 24.3 Å². The molecule has 4 nitrogen and oxygen atoms in total. The number of benzene rings is 2. The van der Waals surface area contributed by atoms with Gasteiger partial charge in [0.2, 0.25) is 0 Å². The maximum atomic E-state index is 4.30. The van der Waals surface area contributed by atoms with Gasteiger partial charge in [0.05, 0.1) is 22.1 Å². The molecule has 2 aromatic carbocycles. The van der Waals surface area contributed by atoms with E-state index in [-0.39, 0.29) is 19.5 Å². The summed E-state index contributed by atoms with van der Waals surface area (Å²) in [5.41, 5.74) is 4.18. The fourth-order valence-electron chi connectivity index (χ4n) is 2.16. The standard InChI is InChI=1S/2C8H8N2S.Zn/c2*11-5-8-9-6-3-1-2-4-7(6)10-8;/h2*1-4,11H,5H2,(H,9,10);. The first-order valence-corrected chi connectivity index (χ1v) is 8.15. The van der Waals surface area contributed by atoms with E-state index in [1.165, 1.54) is 0 Å². The van der Waals surface area contributed by atoms with Crippen LogP contribution in [-0.2, 0) is 31.0 Å². The third-order valence-electron chi connectivity index (χ3n) is 3.18. The topological polar surface area (TPSA) is 57.4 Å². The number of H-pyrrole nitrogens is 2. The molecule has 2 heterocycles. The van der Waals surface area contributed by atoms with E-state index >= 15 is 0 Å². The normalized spacial score (nSPS) is 10.2. The van der Waals surface area contributed by atoms with Crippen molar-refractivity contribution in [3.8, 4) is 0 Å². The predicted molar refractivity (Wildman–Crippen MR) is 97.6 cm³/mol. The third kappa shape index (κ3) is 4.37. The molecule has 0 saturated carbocycles. The summed E-state index contributed by atoms with van der Waals surface area (Å²) in [4.78, 5) is 14.9. The second kappa shape index (κ2) is 8.53. The molecule has 0 atom stereocenters. The minimum atomic E-state index is 0. The van der Waals surface area contributed by atoms with Crippen molar-refractivity contribution < 1.29 is 19.5 Å². The Kier molecular flexibility index (Phi) is 6.69. The summed E-state index contributed by atoms with van der Waals surface area (Å²) < 4.78 is 0. The molecular weight excluding hydrogens is 378 g/mol. The molecule has 2 N–H and O–H groups in total. The maximum Gasteiger partial charge on any atom is 0.116 e. The number of aromatic nitrogens is 4. The van der Waals surface area contributed by atoms with Crippen LogP contribution in [0.15, 0.2) is 48.5 Å². The number of thiol groups is 2. The van der Waals surface area contributed by atoms with Crippen molar-refractivity contribution in [2.75, 3.05) is 0 Å². The van der Waals surface area contributed by atoms with E-state index in [4.69, 9.17) is 0 Å². The summed E-state index contributed by atoms with van der Waals surface area (Å²) in [7, 11) is 0. The van der Waals surface area contributed by atoms with Gasteiger partial charge in [-0.3, -0.25) is 0 Å². The molecule has 0 fully saturated rings. The Morgan fingerprint density at radius 2 is 1.09 bits per heavy atom. The molecule has 0 saturated heterocycles. The zero-order valence-corrected chi connectivity index (χ0v) is 17.3. The van der Waals surface area contributed by atoms with Crippen LogP contribution in [0.2, 0.25) is 0 Å². The van der Waals surface area contributed by atoms with E-state index in [2.05, 4.69) is 45.2 Å². The summed E-state index contributed by atoms with van der Waals surface area (Å²) in [6.07, 6.45) is 0. The number of hydrogen-bond donors (Lipinski definition) is 4. The van der Waals surface area contributed by atoms with E-state index in [0.717, 1.165) is 33.7 Å². The second-order valence-electron chi connectivity index (χ2n) is 4.72. The summed E-state index contributed by atoms with van der Waals surface area (Å²) >= 11 is 8.25. The molecule has 0 aliphatic heterocycles. The van der Waals surface area contributed by atoms with Gasteiger partial charge in [0.1, 0.15) is 11.6 Å². The Balaban J connectivity index is 0.000000160. The molecule has 23 heavy (non-hydrogen) atoms. The number of nitrogens with zero attached hydrogens (tertiary/aromatic N) is 2. The fraction of sp³-hybridized carbons (Fsp3) is 0.125. The Bertz CT molecular complexity index is 748. The van der Waals surface area contributed by atoms with E-state index in [0.29, 0.717) is 11.5 Å². The van der Waals surface area contributed by atoms with Crippen LogP contribution in [0.4, 0.5) is 0 Å². The number of fused-ring (bicyclic) bond motifs is 2. The van der Waals surface area contributed by atoms with Crippen molar-refractivity contribution in [3.63, 3.8) is 0 Å². The number of para-hydroxylation sites is 4. The van der Waals surface area contributed by atoms with Gasteiger partial charge in [-0.2, -0.15) is 25.3 Å². The van der Waals surface area contributed by atoms with Crippen molar-refractivity contribution in [2.24, 2.45) is 0 Å². The second-order valence-corrected chi connectivity index (χ2v) is 5.35. The number of hydrogen-bond acceptors (Lipinski definition) is 4. The Morgan fingerprint density at radius 3 is 1.43 bits per heavy atom. The van der Waals surface area contributed by atoms with Crippen LogP contribution in [0, 0.1) is 0 Å². The van der Waals surface area contributed by atoms with Gasteiger partial charge in [-0.05, 0) is 24.3 Å². The van der Waals surface area contributed by atoms with Crippen LogP contribution in [0.1, 0.15) is 11.6 Å². The maximum absolute atomic E-state index is 4.30. The molecule has 0 bridgehead atoms. The van der Waals surface area contributed by atoms with Crippen molar-refractivity contribution >= 4 is 47.3 Å². The average molecular weight is 394 g/mol. The Morgan fingerprint density at radius 1 is 0.696 bits per heavy atom. The van der Waals surface area contributed by atoms with Crippen LogP contribution in [0.5, 0.6) is 0 Å². The van der Waals surface area contributed by atoms with Gasteiger partial charge in [-0.25, -0.2) is 9.97 Å².